The first-order chi connectivity index (χ1) is 18.6. The Balaban J connectivity index is 1.75. The van der Waals surface area contributed by atoms with Crippen molar-refractivity contribution in [1.82, 2.24) is 4.98 Å². The quantitative estimate of drug-likeness (QED) is 0.174. The molecule has 0 aliphatic rings. The Labute approximate surface area is 224 Å². The van der Waals surface area contributed by atoms with Gasteiger partial charge in [0.15, 0.2) is 23.0 Å². The molecule has 10 heteroatoms. The fourth-order valence-corrected chi connectivity index (χ4v) is 4.00. The first-order valence-corrected chi connectivity index (χ1v) is 12.1. The van der Waals surface area contributed by atoms with E-state index in [2.05, 4.69) is 4.98 Å². The molecule has 0 radical (unpaired) electrons. The monoisotopic (exact) mass is 541 g/mol. The number of ketones is 1. The van der Waals surface area contributed by atoms with Crippen LogP contribution in [0.3, 0.4) is 0 Å². The maximum Gasteiger partial charge on any atom is 0.309 e. The van der Waals surface area contributed by atoms with Crippen LogP contribution in [0.5, 0.6) is 11.5 Å². The van der Waals surface area contributed by atoms with Crippen LogP contribution in [0.4, 0.5) is 8.78 Å². The van der Waals surface area contributed by atoms with Gasteiger partial charge in [0.05, 0.1) is 13.0 Å². The third-order valence-electron chi connectivity index (χ3n) is 5.94. The zero-order chi connectivity index (χ0) is 28.5. The molecule has 0 aliphatic carbocycles. The second-order valence-electron chi connectivity index (χ2n) is 8.84. The number of hydrogen-bond donors (Lipinski definition) is 0. The first-order valence-electron chi connectivity index (χ1n) is 12.1. The lowest BCUT2D eigenvalue weighted by Gasteiger charge is -2.26. The lowest BCUT2D eigenvalue weighted by atomic mass is 9.87. The van der Waals surface area contributed by atoms with Crippen molar-refractivity contribution < 1.29 is 42.1 Å². The van der Waals surface area contributed by atoms with Gasteiger partial charge in [0.25, 0.3) is 0 Å². The largest absolute Gasteiger partial charge is 0.493 e. The van der Waals surface area contributed by atoms with E-state index < -0.39 is 54.1 Å². The molecular formula is C29H29F2NO7. The summed E-state index contributed by atoms with van der Waals surface area (Å²) in [6, 6.07) is 13.0. The minimum absolute atomic E-state index is 0.0205. The average Bonchev–Trinajstić information content (AvgIpc) is 2.90. The summed E-state index contributed by atoms with van der Waals surface area (Å²) in [7, 11) is 1.38. The highest BCUT2D eigenvalue weighted by atomic mass is 19.1. The summed E-state index contributed by atoms with van der Waals surface area (Å²) in [5, 5.41) is 0. The van der Waals surface area contributed by atoms with E-state index >= 15 is 0 Å². The molecule has 3 aromatic rings. The van der Waals surface area contributed by atoms with Crippen LogP contribution in [0.1, 0.15) is 54.7 Å². The molecule has 0 saturated carbocycles. The minimum Gasteiger partial charge on any atom is -0.493 e. The average molecular weight is 542 g/mol. The standard InChI is InChI=1S/C29H29F2NO7/c1-17(15-24(34)27-28(38-16-37-19(3)33)25(36-4)13-14-32-27)29(35)39-18(2)26(20-5-9-22(30)10-6-20)21-7-11-23(31)12-8-21/h5-14,17-18,26H,15-16H2,1-4H3/t17-,18+/m0/s1. The molecule has 0 amide bonds. The van der Waals surface area contributed by atoms with E-state index in [1.54, 1.807) is 31.2 Å². The number of halogens is 2. The van der Waals surface area contributed by atoms with Crippen molar-refractivity contribution in [3.63, 3.8) is 0 Å². The number of carbonyl (C=O) groups excluding carboxylic acids is 3. The van der Waals surface area contributed by atoms with Crippen molar-refractivity contribution in [3.8, 4) is 11.5 Å². The van der Waals surface area contributed by atoms with Crippen LogP contribution in [-0.2, 0) is 19.1 Å². The van der Waals surface area contributed by atoms with E-state index in [-0.39, 0.29) is 23.6 Å². The Bertz CT molecular complexity index is 1250. The lowest BCUT2D eigenvalue weighted by Crippen LogP contribution is -2.28. The number of aromatic nitrogens is 1. The maximum absolute atomic E-state index is 13.6. The summed E-state index contributed by atoms with van der Waals surface area (Å²) >= 11 is 0. The summed E-state index contributed by atoms with van der Waals surface area (Å²) in [6.45, 7) is 3.97. The van der Waals surface area contributed by atoms with Gasteiger partial charge >= 0.3 is 11.9 Å². The Kier molecular flexibility index (Phi) is 10.1. The van der Waals surface area contributed by atoms with Crippen LogP contribution < -0.4 is 9.47 Å². The van der Waals surface area contributed by atoms with Crippen LogP contribution in [0, 0.1) is 17.6 Å². The molecule has 39 heavy (non-hydrogen) atoms. The van der Waals surface area contributed by atoms with E-state index in [4.69, 9.17) is 18.9 Å². The molecule has 0 saturated heterocycles. The third kappa shape index (κ3) is 7.83. The summed E-state index contributed by atoms with van der Waals surface area (Å²) in [4.78, 5) is 41.3. The van der Waals surface area contributed by atoms with E-state index in [1.807, 2.05) is 0 Å². The molecule has 206 valence electrons. The van der Waals surface area contributed by atoms with Gasteiger partial charge in [-0.15, -0.1) is 0 Å². The zero-order valence-corrected chi connectivity index (χ0v) is 22.0. The topological polar surface area (TPSA) is 101 Å². The van der Waals surface area contributed by atoms with Gasteiger partial charge in [-0.2, -0.15) is 0 Å². The number of ether oxygens (including phenoxy) is 4. The predicted molar refractivity (Wildman–Crippen MR) is 136 cm³/mol. The third-order valence-corrected chi connectivity index (χ3v) is 5.94. The molecule has 2 aromatic carbocycles. The molecule has 0 fully saturated rings. The van der Waals surface area contributed by atoms with E-state index in [0.717, 1.165) is 0 Å². The molecular weight excluding hydrogens is 512 g/mol. The number of hydrogen-bond acceptors (Lipinski definition) is 8. The molecule has 0 spiro atoms. The smallest absolute Gasteiger partial charge is 0.309 e. The second-order valence-corrected chi connectivity index (χ2v) is 8.84. The van der Waals surface area contributed by atoms with Crippen LogP contribution in [0.15, 0.2) is 60.8 Å². The summed E-state index contributed by atoms with van der Waals surface area (Å²) in [5.41, 5.74) is 1.24. The van der Waals surface area contributed by atoms with Crippen LogP contribution in [0.2, 0.25) is 0 Å². The first kappa shape index (κ1) is 29.2. The fourth-order valence-electron chi connectivity index (χ4n) is 4.00. The Hall–Kier alpha value is -4.34. The van der Waals surface area contributed by atoms with Gasteiger partial charge in [-0.25, -0.2) is 13.8 Å². The van der Waals surface area contributed by atoms with Gasteiger partial charge in [0.2, 0.25) is 6.79 Å². The highest BCUT2D eigenvalue weighted by molar-refractivity contribution is 5.99. The molecule has 0 aliphatic heterocycles. The van der Waals surface area contributed by atoms with Crippen molar-refractivity contribution in [2.45, 2.75) is 39.2 Å². The highest BCUT2D eigenvalue weighted by Gasteiger charge is 2.29. The highest BCUT2D eigenvalue weighted by Crippen LogP contribution is 2.33. The number of Topliss-reactive ketones (excluding diaryl/α,β-unsaturated/α-hetero) is 1. The molecule has 1 heterocycles. The summed E-state index contributed by atoms with van der Waals surface area (Å²) < 4.78 is 48.3. The van der Waals surface area contributed by atoms with Crippen LogP contribution in [0.25, 0.3) is 0 Å². The number of benzene rings is 2. The number of nitrogens with zero attached hydrogens (tertiary/aromatic N) is 1. The van der Waals surface area contributed by atoms with E-state index in [1.165, 1.54) is 57.5 Å². The normalized spacial score (nSPS) is 12.4. The summed E-state index contributed by atoms with van der Waals surface area (Å²) in [6.07, 6.45) is 0.364. The predicted octanol–water partition coefficient (Wildman–Crippen LogP) is 5.24. The van der Waals surface area contributed by atoms with Crippen LogP contribution >= 0.6 is 0 Å². The van der Waals surface area contributed by atoms with Crippen molar-refractivity contribution >= 4 is 17.7 Å². The van der Waals surface area contributed by atoms with Gasteiger partial charge in [0, 0.05) is 31.5 Å². The van der Waals surface area contributed by atoms with Crippen molar-refractivity contribution in [1.29, 1.82) is 0 Å². The molecule has 1 aromatic heterocycles. The summed E-state index contributed by atoms with van der Waals surface area (Å²) in [5.74, 6) is -3.77. The number of esters is 2. The number of methoxy groups -OCH3 is 1. The molecule has 3 rings (SSSR count). The van der Waals surface area contributed by atoms with E-state index in [9.17, 15) is 23.2 Å². The molecule has 0 bridgehead atoms. The number of carbonyl (C=O) groups is 3. The zero-order valence-electron chi connectivity index (χ0n) is 22.0. The van der Waals surface area contributed by atoms with Crippen molar-refractivity contribution in [2.75, 3.05) is 13.9 Å². The van der Waals surface area contributed by atoms with Gasteiger partial charge in [-0.1, -0.05) is 31.2 Å². The molecule has 2 atom stereocenters. The van der Waals surface area contributed by atoms with Gasteiger partial charge in [0.1, 0.15) is 17.7 Å². The van der Waals surface area contributed by atoms with Crippen molar-refractivity contribution in [3.05, 3.63) is 89.2 Å². The lowest BCUT2D eigenvalue weighted by molar-refractivity contribution is -0.153. The second kappa shape index (κ2) is 13.5. The van der Waals surface area contributed by atoms with Gasteiger partial charge < -0.3 is 18.9 Å². The maximum atomic E-state index is 13.6. The Morgan fingerprint density at radius 1 is 0.897 bits per heavy atom. The number of pyridine rings is 1. The van der Waals surface area contributed by atoms with E-state index in [0.29, 0.717) is 11.1 Å². The molecule has 0 unspecified atom stereocenters. The minimum atomic E-state index is -0.864. The SMILES string of the molecule is COc1ccnc(C(=O)C[C@H](C)C(=O)O[C@H](C)C(c2ccc(F)cc2)c2ccc(F)cc2)c1OCOC(C)=O. The molecule has 8 nitrogen and oxygen atoms in total. The molecule has 0 N–H and O–H groups in total. The van der Waals surface area contributed by atoms with Crippen molar-refractivity contribution in [2.24, 2.45) is 5.92 Å². The Morgan fingerprint density at radius 2 is 1.46 bits per heavy atom. The van der Waals surface area contributed by atoms with Gasteiger partial charge in [-0.05, 0) is 42.3 Å². The van der Waals surface area contributed by atoms with Crippen LogP contribution in [-0.4, -0.2) is 42.7 Å². The Morgan fingerprint density at radius 3 is 1.97 bits per heavy atom. The number of rotatable bonds is 12. The fraction of sp³-hybridized carbons (Fsp3) is 0.310. The van der Waals surface area contributed by atoms with Gasteiger partial charge in [-0.3, -0.25) is 14.4 Å².